The van der Waals surface area contributed by atoms with Gasteiger partial charge in [0, 0.05) is 41.3 Å². The molecule has 2 unspecified atom stereocenters. The highest BCUT2D eigenvalue weighted by Gasteiger charge is 2.56. The molecule has 0 bridgehead atoms. The zero-order chi connectivity index (χ0) is 25.7. The molecule has 0 saturated carbocycles. The van der Waals surface area contributed by atoms with Crippen LogP contribution >= 0.6 is 34.7 Å². The molecule has 0 radical (unpaired) electrons. The highest BCUT2D eigenvalue weighted by molar-refractivity contribution is 8.00. The molecule has 0 aliphatic carbocycles. The topological polar surface area (TPSA) is 92.6 Å². The van der Waals surface area contributed by atoms with Gasteiger partial charge in [0.2, 0.25) is 17.7 Å². The normalized spacial score (nSPS) is 23.2. The quantitative estimate of drug-likeness (QED) is 0.456. The minimum atomic E-state index is -0.730. The molecular weight excluding hydrogens is 532 g/mol. The maximum atomic E-state index is 13.8. The van der Waals surface area contributed by atoms with Crippen molar-refractivity contribution in [3.05, 3.63) is 73.9 Å². The first kappa shape index (κ1) is 24.4. The first-order valence-electron chi connectivity index (χ1n) is 12.2. The molecule has 1 aromatic carbocycles. The zero-order valence-corrected chi connectivity index (χ0v) is 22.1. The van der Waals surface area contributed by atoms with Gasteiger partial charge >= 0.3 is 4.87 Å². The van der Waals surface area contributed by atoms with Gasteiger partial charge in [0.1, 0.15) is 11.8 Å². The largest absolute Gasteiger partial charge is 0.341 e. The van der Waals surface area contributed by atoms with Gasteiger partial charge in [0.15, 0.2) is 0 Å². The summed E-state index contributed by atoms with van der Waals surface area (Å²) in [7, 11) is 0. The number of thiazole rings is 1. The highest BCUT2D eigenvalue weighted by atomic mass is 35.5. The van der Waals surface area contributed by atoms with Crippen LogP contribution in [0.2, 0.25) is 5.02 Å². The molecule has 8 nitrogen and oxygen atoms in total. The molecule has 11 heteroatoms. The number of nitrogens with zero attached hydrogens (tertiary/aromatic N) is 4. The monoisotopic (exact) mass is 554 g/mol. The number of rotatable bonds is 4. The van der Waals surface area contributed by atoms with Gasteiger partial charge in [-0.25, -0.2) is 4.90 Å². The fourth-order valence-electron chi connectivity index (χ4n) is 5.40. The molecule has 3 aliphatic heterocycles. The lowest BCUT2D eigenvalue weighted by Gasteiger charge is -2.31. The number of fused-ring (bicyclic) bond motifs is 2. The van der Waals surface area contributed by atoms with Gasteiger partial charge in [0.05, 0.1) is 16.6 Å². The minimum Gasteiger partial charge on any atom is -0.341 e. The number of likely N-dealkylation sites (tertiary alicyclic amines) is 1. The van der Waals surface area contributed by atoms with Crippen molar-refractivity contribution in [2.75, 3.05) is 18.0 Å². The first-order chi connectivity index (χ1) is 17.9. The van der Waals surface area contributed by atoms with E-state index in [1.165, 1.54) is 21.2 Å². The minimum absolute atomic E-state index is 0.0716. The number of pyridine rings is 1. The van der Waals surface area contributed by atoms with Crippen LogP contribution in [-0.4, -0.2) is 50.5 Å². The summed E-state index contributed by atoms with van der Waals surface area (Å²) in [5, 5.41) is 0.369. The van der Waals surface area contributed by atoms with Crippen LogP contribution in [0.3, 0.4) is 0 Å². The summed E-state index contributed by atoms with van der Waals surface area (Å²) < 4.78 is 1.49. The molecule has 190 valence electrons. The van der Waals surface area contributed by atoms with E-state index in [0.717, 1.165) is 36.2 Å². The van der Waals surface area contributed by atoms with Gasteiger partial charge in [-0.1, -0.05) is 40.8 Å². The molecule has 2 saturated heterocycles. The molecule has 2 fully saturated rings. The van der Waals surface area contributed by atoms with E-state index < -0.39 is 17.1 Å². The predicted molar refractivity (Wildman–Crippen MR) is 142 cm³/mol. The number of halogens is 1. The van der Waals surface area contributed by atoms with Crippen molar-refractivity contribution in [3.8, 4) is 0 Å². The number of thioether (sulfide) groups is 1. The summed E-state index contributed by atoms with van der Waals surface area (Å²) in [6, 6.07) is 10.2. The third kappa shape index (κ3) is 4.20. The Hall–Kier alpha value is -2.95. The van der Waals surface area contributed by atoms with Crippen LogP contribution < -0.4 is 9.77 Å². The SMILES string of the molecule is O=C(Cn1c2c(sc1=O)[C@H](c1cccnc1)C1C(=O)N(c3ccc(Cl)cc3)C(=O)C1S2)N1CCCCC1. The van der Waals surface area contributed by atoms with Crippen molar-refractivity contribution in [2.24, 2.45) is 5.92 Å². The molecule has 5 heterocycles. The molecule has 37 heavy (non-hydrogen) atoms. The number of aromatic nitrogens is 2. The molecule has 3 aromatic rings. The second-order valence-electron chi connectivity index (χ2n) is 9.38. The summed E-state index contributed by atoms with van der Waals surface area (Å²) in [5.41, 5.74) is 1.22. The Morgan fingerprint density at radius 1 is 1.03 bits per heavy atom. The third-order valence-corrected chi connectivity index (χ3v) is 10.0. The van der Waals surface area contributed by atoms with E-state index in [1.54, 1.807) is 47.6 Å². The van der Waals surface area contributed by atoms with Crippen LogP contribution in [0.15, 0.2) is 58.6 Å². The summed E-state index contributed by atoms with van der Waals surface area (Å²) in [6.07, 6.45) is 6.34. The maximum Gasteiger partial charge on any atom is 0.308 e. The summed E-state index contributed by atoms with van der Waals surface area (Å²) in [4.78, 5) is 61.5. The van der Waals surface area contributed by atoms with Crippen LogP contribution in [0.4, 0.5) is 5.69 Å². The van der Waals surface area contributed by atoms with E-state index in [9.17, 15) is 19.2 Å². The van der Waals surface area contributed by atoms with Gasteiger partial charge in [0.25, 0.3) is 0 Å². The lowest BCUT2D eigenvalue weighted by molar-refractivity contribution is -0.133. The first-order valence-corrected chi connectivity index (χ1v) is 14.2. The second kappa shape index (κ2) is 9.74. The molecule has 3 amide bonds. The average molecular weight is 555 g/mol. The van der Waals surface area contributed by atoms with Gasteiger partial charge < -0.3 is 4.90 Å². The van der Waals surface area contributed by atoms with Crippen LogP contribution in [-0.2, 0) is 20.9 Å². The smallest absolute Gasteiger partial charge is 0.308 e. The zero-order valence-electron chi connectivity index (χ0n) is 19.7. The molecular formula is C26H23ClN4O4S2. The number of hydrogen-bond donors (Lipinski definition) is 0. The molecule has 6 rings (SSSR count). The van der Waals surface area contributed by atoms with Crippen molar-refractivity contribution in [3.63, 3.8) is 0 Å². The molecule has 2 aromatic heterocycles. The maximum absolute atomic E-state index is 13.8. The van der Waals surface area contributed by atoms with E-state index >= 15 is 0 Å². The van der Waals surface area contributed by atoms with Gasteiger partial charge in [-0.3, -0.25) is 28.7 Å². The van der Waals surface area contributed by atoms with E-state index in [-0.39, 0.29) is 29.1 Å². The van der Waals surface area contributed by atoms with Gasteiger partial charge in [-0.05, 0) is 55.2 Å². The van der Waals surface area contributed by atoms with E-state index in [2.05, 4.69) is 4.98 Å². The predicted octanol–water partition coefficient (Wildman–Crippen LogP) is 3.77. The molecule has 3 atom stereocenters. The van der Waals surface area contributed by atoms with Crippen molar-refractivity contribution < 1.29 is 14.4 Å². The number of amides is 3. The Bertz CT molecular complexity index is 1430. The molecule has 0 spiro atoms. The fourth-order valence-corrected chi connectivity index (χ4v) is 8.30. The lowest BCUT2D eigenvalue weighted by atomic mass is 9.84. The number of piperidine rings is 1. The number of imide groups is 1. The number of hydrogen-bond acceptors (Lipinski definition) is 7. The van der Waals surface area contributed by atoms with Crippen molar-refractivity contribution in [2.45, 2.75) is 42.0 Å². The van der Waals surface area contributed by atoms with Crippen molar-refractivity contribution in [1.82, 2.24) is 14.5 Å². The number of carbonyl (C=O) groups is 3. The van der Waals surface area contributed by atoms with E-state index in [0.29, 0.717) is 33.7 Å². The average Bonchev–Trinajstić information content (AvgIpc) is 3.36. The molecule has 0 N–H and O–H groups in total. The van der Waals surface area contributed by atoms with Crippen LogP contribution in [0.5, 0.6) is 0 Å². The van der Waals surface area contributed by atoms with E-state index in [4.69, 9.17) is 11.6 Å². The number of carbonyl (C=O) groups excluding carboxylic acids is 3. The molecule has 3 aliphatic rings. The van der Waals surface area contributed by atoms with Crippen LogP contribution in [0, 0.1) is 5.92 Å². The Morgan fingerprint density at radius 3 is 2.49 bits per heavy atom. The third-order valence-electron chi connectivity index (χ3n) is 7.18. The highest BCUT2D eigenvalue weighted by Crippen LogP contribution is 2.53. The second-order valence-corrected chi connectivity index (χ2v) is 11.9. The Kier molecular flexibility index (Phi) is 6.42. The van der Waals surface area contributed by atoms with E-state index in [1.807, 2.05) is 6.07 Å². The van der Waals surface area contributed by atoms with Crippen molar-refractivity contribution >= 4 is 58.1 Å². The fraction of sp³-hybridized carbons (Fsp3) is 0.346. The van der Waals surface area contributed by atoms with Crippen molar-refractivity contribution in [1.29, 1.82) is 0 Å². The summed E-state index contributed by atoms with van der Waals surface area (Å²) >= 11 is 8.30. The lowest BCUT2D eigenvalue weighted by Crippen LogP contribution is -2.39. The Labute approximate surface area is 226 Å². The van der Waals surface area contributed by atoms with Crippen LogP contribution in [0.1, 0.15) is 35.6 Å². The summed E-state index contributed by atoms with van der Waals surface area (Å²) in [5.74, 6) is -1.97. The Morgan fingerprint density at radius 2 is 1.78 bits per heavy atom. The van der Waals surface area contributed by atoms with Gasteiger partial charge in [-0.15, -0.1) is 0 Å². The number of anilines is 1. The summed E-state index contributed by atoms with van der Waals surface area (Å²) in [6.45, 7) is 1.32. The van der Waals surface area contributed by atoms with Gasteiger partial charge in [-0.2, -0.15) is 0 Å². The standard InChI is InChI=1S/C26H23ClN4O4S2/c27-16-6-8-17(9-7-16)31-23(33)20-19(15-5-4-10-28-13-15)22-25(36-21(20)24(31)34)30(26(35)37-22)14-18(32)29-11-2-1-3-12-29/h4-10,13,19-21H,1-3,11-12,14H2/t19-,20?,21?/m1/s1. The Balaban J connectivity index is 1.42. The van der Waals surface area contributed by atoms with Crippen LogP contribution in [0.25, 0.3) is 0 Å². The number of benzene rings is 1.